The Balaban J connectivity index is 2.24. The lowest BCUT2D eigenvalue weighted by Crippen LogP contribution is -2.29. The van der Waals surface area contributed by atoms with E-state index in [1.807, 2.05) is 18.2 Å². The molecule has 0 spiro atoms. The molecule has 4 heteroatoms. The third-order valence-corrected chi connectivity index (χ3v) is 3.79. The molecule has 106 valence electrons. The molecule has 1 aromatic heterocycles. The van der Waals surface area contributed by atoms with Crippen molar-refractivity contribution in [2.75, 3.05) is 0 Å². The summed E-state index contributed by atoms with van der Waals surface area (Å²) in [6, 6.07) is 15.6. The van der Waals surface area contributed by atoms with Crippen LogP contribution in [0.1, 0.15) is 18.1 Å². The second-order valence-electron chi connectivity index (χ2n) is 5.07. The van der Waals surface area contributed by atoms with Gasteiger partial charge in [0.1, 0.15) is 11.2 Å². The molecule has 3 nitrogen and oxygen atoms in total. The molecule has 0 aliphatic rings. The van der Waals surface area contributed by atoms with Gasteiger partial charge in [-0.25, -0.2) is 4.79 Å². The molecule has 3 aromatic rings. The Morgan fingerprint density at radius 2 is 1.81 bits per heavy atom. The molecule has 0 aliphatic heterocycles. The summed E-state index contributed by atoms with van der Waals surface area (Å²) in [6.45, 7) is 1.57. The Morgan fingerprint density at radius 1 is 1.10 bits per heavy atom. The molecule has 1 heterocycles. The number of hydrogen-bond acceptors (Lipinski definition) is 3. The quantitative estimate of drug-likeness (QED) is 0.734. The highest BCUT2D eigenvalue weighted by Gasteiger charge is 2.29. The van der Waals surface area contributed by atoms with Crippen LogP contribution < -0.4 is 5.63 Å². The van der Waals surface area contributed by atoms with E-state index in [9.17, 15) is 9.90 Å². The van der Waals surface area contributed by atoms with E-state index in [4.69, 9.17) is 16.0 Å². The molecule has 0 amide bonds. The van der Waals surface area contributed by atoms with E-state index >= 15 is 0 Å². The summed E-state index contributed by atoms with van der Waals surface area (Å²) in [7, 11) is 0. The Bertz CT molecular complexity index is 851. The van der Waals surface area contributed by atoms with E-state index in [1.165, 1.54) is 0 Å². The third-order valence-electron chi connectivity index (χ3n) is 3.55. The zero-order chi connectivity index (χ0) is 15.0. The van der Waals surface area contributed by atoms with Crippen molar-refractivity contribution in [1.29, 1.82) is 0 Å². The number of hydrogen-bond donors (Lipinski definition) is 1. The van der Waals surface area contributed by atoms with Crippen molar-refractivity contribution in [3.8, 4) is 0 Å². The minimum atomic E-state index is -1.43. The molecule has 0 aliphatic carbocycles. The predicted molar refractivity (Wildman–Crippen MR) is 82.6 cm³/mol. The largest absolute Gasteiger partial charge is 0.422 e. The summed E-state index contributed by atoms with van der Waals surface area (Å²) in [5.74, 6) is 0. The Kier molecular flexibility index (Phi) is 3.32. The molecule has 1 atom stereocenters. The summed E-state index contributed by atoms with van der Waals surface area (Å²) in [4.78, 5) is 12.2. The van der Waals surface area contributed by atoms with Crippen molar-refractivity contribution in [2.24, 2.45) is 0 Å². The van der Waals surface area contributed by atoms with E-state index < -0.39 is 11.2 Å². The first-order valence-corrected chi connectivity index (χ1v) is 6.88. The summed E-state index contributed by atoms with van der Waals surface area (Å²) < 4.78 is 5.28. The van der Waals surface area contributed by atoms with Gasteiger partial charge < -0.3 is 9.52 Å². The standard InChI is InChI=1S/C17H13ClO3/c1-17(20,12-5-3-2-4-6-12)14-10-11-9-13(18)7-8-15(11)21-16(14)19/h2-10,20H,1H3. The number of rotatable bonds is 2. The lowest BCUT2D eigenvalue weighted by Gasteiger charge is -2.23. The fourth-order valence-corrected chi connectivity index (χ4v) is 2.53. The molecular weight excluding hydrogens is 288 g/mol. The highest BCUT2D eigenvalue weighted by atomic mass is 35.5. The van der Waals surface area contributed by atoms with Gasteiger partial charge >= 0.3 is 5.63 Å². The average molecular weight is 301 g/mol. The smallest absolute Gasteiger partial charge is 0.342 e. The molecule has 1 N–H and O–H groups in total. The highest BCUT2D eigenvalue weighted by molar-refractivity contribution is 6.31. The van der Waals surface area contributed by atoms with Crippen LogP contribution in [0.2, 0.25) is 5.02 Å². The van der Waals surface area contributed by atoms with Crippen LogP contribution >= 0.6 is 11.6 Å². The van der Waals surface area contributed by atoms with Crippen molar-refractivity contribution in [2.45, 2.75) is 12.5 Å². The summed E-state index contributed by atoms with van der Waals surface area (Å²) >= 11 is 5.96. The van der Waals surface area contributed by atoms with Crippen LogP contribution in [0.25, 0.3) is 11.0 Å². The van der Waals surface area contributed by atoms with Gasteiger partial charge in [0, 0.05) is 10.4 Å². The van der Waals surface area contributed by atoms with Crippen LogP contribution in [0, 0.1) is 0 Å². The van der Waals surface area contributed by atoms with E-state index in [1.54, 1.807) is 43.3 Å². The number of aliphatic hydroxyl groups is 1. The fourth-order valence-electron chi connectivity index (χ4n) is 2.35. The first-order valence-electron chi connectivity index (χ1n) is 6.50. The van der Waals surface area contributed by atoms with Crippen LogP contribution in [0.4, 0.5) is 0 Å². The third kappa shape index (κ3) is 2.46. The Labute approximate surface area is 126 Å². The molecule has 0 fully saturated rings. The monoisotopic (exact) mass is 300 g/mol. The Morgan fingerprint density at radius 3 is 2.52 bits per heavy atom. The highest BCUT2D eigenvalue weighted by Crippen LogP contribution is 2.29. The van der Waals surface area contributed by atoms with Crippen LogP contribution in [-0.4, -0.2) is 5.11 Å². The molecular formula is C17H13ClO3. The number of halogens is 1. The van der Waals surface area contributed by atoms with Crippen LogP contribution in [0.15, 0.2) is 63.8 Å². The van der Waals surface area contributed by atoms with Crippen molar-refractivity contribution < 1.29 is 9.52 Å². The zero-order valence-electron chi connectivity index (χ0n) is 11.3. The van der Waals surface area contributed by atoms with Gasteiger partial charge in [-0.15, -0.1) is 0 Å². The maximum atomic E-state index is 12.2. The van der Waals surface area contributed by atoms with E-state index in [2.05, 4.69) is 0 Å². The molecule has 0 radical (unpaired) electrons. The molecule has 0 saturated carbocycles. The average Bonchev–Trinajstić information content (AvgIpc) is 2.48. The minimum absolute atomic E-state index is 0.184. The van der Waals surface area contributed by atoms with Gasteiger partial charge in [-0.3, -0.25) is 0 Å². The lowest BCUT2D eigenvalue weighted by molar-refractivity contribution is 0.0985. The molecule has 0 saturated heterocycles. The maximum absolute atomic E-state index is 12.2. The second-order valence-corrected chi connectivity index (χ2v) is 5.50. The van der Waals surface area contributed by atoms with E-state index in [0.29, 0.717) is 21.6 Å². The predicted octanol–water partition coefficient (Wildman–Crippen LogP) is 3.70. The molecule has 2 aromatic carbocycles. The van der Waals surface area contributed by atoms with Gasteiger partial charge in [0.25, 0.3) is 0 Å². The van der Waals surface area contributed by atoms with Gasteiger partial charge in [0.15, 0.2) is 0 Å². The molecule has 0 bridgehead atoms. The Hall–Kier alpha value is -2.10. The molecule has 1 unspecified atom stereocenters. The summed E-state index contributed by atoms with van der Waals surface area (Å²) in [5, 5.41) is 12.0. The number of fused-ring (bicyclic) bond motifs is 1. The summed E-state index contributed by atoms with van der Waals surface area (Å²) in [6.07, 6.45) is 0. The maximum Gasteiger partial charge on any atom is 0.342 e. The van der Waals surface area contributed by atoms with Crippen LogP contribution in [0.3, 0.4) is 0 Å². The topological polar surface area (TPSA) is 50.4 Å². The van der Waals surface area contributed by atoms with Crippen molar-refractivity contribution >= 4 is 22.6 Å². The lowest BCUT2D eigenvalue weighted by atomic mass is 9.89. The van der Waals surface area contributed by atoms with Gasteiger partial charge in [0.05, 0.1) is 5.56 Å². The van der Waals surface area contributed by atoms with Crippen molar-refractivity contribution in [1.82, 2.24) is 0 Å². The minimum Gasteiger partial charge on any atom is -0.422 e. The van der Waals surface area contributed by atoms with E-state index in [-0.39, 0.29) is 5.56 Å². The molecule has 21 heavy (non-hydrogen) atoms. The SMILES string of the molecule is CC(O)(c1ccccc1)c1cc2cc(Cl)ccc2oc1=O. The number of benzene rings is 2. The zero-order valence-corrected chi connectivity index (χ0v) is 12.1. The first-order chi connectivity index (χ1) is 9.98. The molecule has 3 rings (SSSR count). The first kappa shape index (κ1) is 13.9. The van der Waals surface area contributed by atoms with E-state index in [0.717, 1.165) is 0 Å². The van der Waals surface area contributed by atoms with Crippen LogP contribution in [-0.2, 0) is 5.60 Å². The second kappa shape index (κ2) is 5.02. The van der Waals surface area contributed by atoms with Gasteiger partial charge in [-0.2, -0.15) is 0 Å². The fraction of sp³-hybridized carbons (Fsp3) is 0.118. The van der Waals surface area contributed by atoms with Gasteiger partial charge in [-0.1, -0.05) is 41.9 Å². The van der Waals surface area contributed by atoms with Gasteiger partial charge in [-0.05, 0) is 36.8 Å². The normalized spacial score (nSPS) is 14.0. The van der Waals surface area contributed by atoms with Crippen molar-refractivity contribution in [3.63, 3.8) is 0 Å². The van der Waals surface area contributed by atoms with Gasteiger partial charge in [0.2, 0.25) is 0 Å². The van der Waals surface area contributed by atoms with Crippen molar-refractivity contribution in [3.05, 3.63) is 81.2 Å². The van der Waals surface area contributed by atoms with Crippen LogP contribution in [0.5, 0.6) is 0 Å². The summed E-state index contributed by atoms with van der Waals surface area (Å²) in [5.41, 5.74) is -0.740.